The van der Waals surface area contributed by atoms with Crippen molar-refractivity contribution >= 4 is 0 Å². The Balaban J connectivity index is 2.21. The van der Waals surface area contributed by atoms with E-state index < -0.39 is 0 Å². The molecule has 4 nitrogen and oxygen atoms in total. The lowest BCUT2D eigenvalue weighted by atomic mass is 9.94. The van der Waals surface area contributed by atoms with Crippen LogP contribution in [0.25, 0.3) is 0 Å². The number of methoxy groups -OCH3 is 1. The molecule has 3 N–H and O–H groups in total. The van der Waals surface area contributed by atoms with Crippen molar-refractivity contribution in [3.8, 4) is 5.88 Å². The Hall–Kier alpha value is -1.91. The largest absolute Gasteiger partial charge is 0.481 e. The van der Waals surface area contributed by atoms with Crippen LogP contribution in [-0.4, -0.2) is 12.1 Å². The number of ether oxygens (including phenoxy) is 1. The van der Waals surface area contributed by atoms with Crippen molar-refractivity contribution in [3.63, 3.8) is 0 Å². The molecule has 1 aromatic carbocycles. The van der Waals surface area contributed by atoms with Crippen molar-refractivity contribution in [1.82, 2.24) is 10.4 Å². The Bertz CT molecular complexity index is 566. The molecule has 1 unspecified atom stereocenters. The molecule has 1 atom stereocenters. The maximum atomic E-state index is 5.73. The molecule has 1 heterocycles. The van der Waals surface area contributed by atoms with Gasteiger partial charge in [-0.15, -0.1) is 0 Å². The van der Waals surface area contributed by atoms with Crippen molar-refractivity contribution < 1.29 is 4.74 Å². The number of pyridine rings is 1. The van der Waals surface area contributed by atoms with Crippen LogP contribution in [0.5, 0.6) is 5.88 Å². The maximum Gasteiger partial charge on any atom is 0.212 e. The van der Waals surface area contributed by atoms with Crippen LogP contribution in [0.4, 0.5) is 0 Å². The smallest absolute Gasteiger partial charge is 0.212 e. The fourth-order valence-electron chi connectivity index (χ4n) is 2.30. The first-order chi connectivity index (χ1) is 9.65. The highest BCUT2D eigenvalue weighted by atomic mass is 16.5. The van der Waals surface area contributed by atoms with Crippen LogP contribution in [0.1, 0.15) is 28.3 Å². The van der Waals surface area contributed by atoms with Gasteiger partial charge in [0, 0.05) is 12.3 Å². The first-order valence-electron chi connectivity index (χ1n) is 6.67. The van der Waals surface area contributed by atoms with Gasteiger partial charge in [0.1, 0.15) is 0 Å². The van der Waals surface area contributed by atoms with Crippen LogP contribution in [-0.2, 0) is 6.42 Å². The first kappa shape index (κ1) is 14.5. The molecule has 0 radical (unpaired) electrons. The van der Waals surface area contributed by atoms with Gasteiger partial charge in [0.2, 0.25) is 5.88 Å². The number of hydrogen-bond acceptors (Lipinski definition) is 4. The second-order valence-electron chi connectivity index (χ2n) is 4.92. The Morgan fingerprint density at radius 2 is 2.05 bits per heavy atom. The minimum Gasteiger partial charge on any atom is -0.481 e. The monoisotopic (exact) mass is 271 g/mol. The quantitative estimate of drug-likeness (QED) is 0.648. The molecular formula is C16H21N3O. The summed E-state index contributed by atoms with van der Waals surface area (Å²) in [5.74, 6) is 6.36. The number of benzene rings is 1. The molecule has 4 heteroatoms. The molecule has 0 aliphatic rings. The van der Waals surface area contributed by atoms with E-state index in [0.29, 0.717) is 5.88 Å². The summed E-state index contributed by atoms with van der Waals surface area (Å²) < 4.78 is 5.07. The number of hydrogen-bond donors (Lipinski definition) is 2. The van der Waals surface area contributed by atoms with E-state index in [2.05, 4.69) is 42.5 Å². The van der Waals surface area contributed by atoms with Gasteiger partial charge in [-0.3, -0.25) is 11.3 Å². The molecule has 0 fully saturated rings. The molecule has 0 amide bonds. The molecule has 0 aliphatic heterocycles. The third kappa shape index (κ3) is 3.15. The normalized spacial score (nSPS) is 12.2. The van der Waals surface area contributed by atoms with Gasteiger partial charge in [-0.1, -0.05) is 24.3 Å². The molecule has 0 saturated carbocycles. The number of rotatable bonds is 5. The maximum absolute atomic E-state index is 5.73. The highest BCUT2D eigenvalue weighted by Gasteiger charge is 2.14. The third-order valence-corrected chi connectivity index (χ3v) is 3.67. The SMILES string of the molecule is COc1ccc(CC(NN)c2cccc(C)c2C)cn1. The first-order valence-corrected chi connectivity index (χ1v) is 6.67. The van der Waals surface area contributed by atoms with Crippen LogP contribution in [0.2, 0.25) is 0 Å². The molecule has 0 bridgehead atoms. The van der Waals surface area contributed by atoms with E-state index in [0.717, 1.165) is 12.0 Å². The molecule has 0 spiro atoms. The van der Waals surface area contributed by atoms with Gasteiger partial charge in [0.15, 0.2) is 0 Å². The number of aromatic nitrogens is 1. The topological polar surface area (TPSA) is 60.2 Å². The average molecular weight is 271 g/mol. The van der Waals surface area contributed by atoms with E-state index in [-0.39, 0.29) is 6.04 Å². The summed E-state index contributed by atoms with van der Waals surface area (Å²) in [5.41, 5.74) is 7.80. The minimum absolute atomic E-state index is 0.0742. The predicted molar refractivity (Wildman–Crippen MR) is 80.5 cm³/mol. The molecule has 1 aromatic heterocycles. The van der Waals surface area contributed by atoms with E-state index in [1.807, 2.05) is 18.3 Å². The lowest BCUT2D eigenvalue weighted by Crippen LogP contribution is -2.30. The zero-order chi connectivity index (χ0) is 14.5. The summed E-state index contributed by atoms with van der Waals surface area (Å²) in [6.45, 7) is 4.24. The third-order valence-electron chi connectivity index (χ3n) is 3.67. The Morgan fingerprint density at radius 3 is 2.65 bits per heavy atom. The summed E-state index contributed by atoms with van der Waals surface area (Å²) in [6, 6.07) is 10.2. The van der Waals surface area contributed by atoms with Crippen LogP contribution in [0, 0.1) is 13.8 Å². The summed E-state index contributed by atoms with van der Waals surface area (Å²) in [5, 5.41) is 0. The molecule has 0 saturated heterocycles. The zero-order valence-corrected chi connectivity index (χ0v) is 12.2. The molecule has 20 heavy (non-hydrogen) atoms. The average Bonchev–Trinajstić information content (AvgIpc) is 2.48. The van der Waals surface area contributed by atoms with Crippen LogP contribution < -0.4 is 16.0 Å². The fourth-order valence-corrected chi connectivity index (χ4v) is 2.30. The van der Waals surface area contributed by atoms with E-state index in [4.69, 9.17) is 10.6 Å². The molecule has 0 aliphatic carbocycles. The van der Waals surface area contributed by atoms with E-state index in [1.165, 1.54) is 16.7 Å². The Kier molecular flexibility index (Phi) is 4.71. The molecular weight excluding hydrogens is 250 g/mol. The van der Waals surface area contributed by atoms with Crippen LogP contribution in [0.15, 0.2) is 36.5 Å². The molecule has 106 valence electrons. The summed E-state index contributed by atoms with van der Waals surface area (Å²) >= 11 is 0. The molecule has 2 rings (SSSR count). The van der Waals surface area contributed by atoms with Gasteiger partial charge in [-0.2, -0.15) is 0 Å². The van der Waals surface area contributed by atoms with E-state index in [1.54, 1.807) is 7.11 Å². The van der Waals surface area contributed by atoms with Crippen molar-refractivity contribution in [3.05, 3.63) is 58.8 Å². The van der Waals surface area contributed by atoms with E-state index in [9.17, 15) is 0 Å². The Morgan fingerprint density at radius 1 is 1.25 bits per heavy atom. The number of nitrogens with two attached hydrogens (primary N) is 1. The summed E-state index contributed by atoms with van der Waals surface area (Å²) in [7, 11) is 1.61. The number of nitrogens with one attached hydrogen (secondary N) is 1. The molecule has 2 aromatic rings. The standard InChI is InChI=1S/C16H21N3O/c1-11-5-4-6-14(12(11)2)15(19-17)9-13-7-8-16(20-3)18-10-13/h4-8,10,15,19H,9,17H2,1-3H3. The van der Waals surface area contributed by atoms with Crippen molar-refractivity contribution in [2.75, 3.05) is 7.11 Å². The van der Waals surface area contributed by atoms with Gasteiger partial charge in [-0.25, -0.2) is 4.98 Å². The van der Waals surface area contributed by atoms with Crippen molar-refractivity contribution in [1.29, 1.82) is 0 Å². The second-order valence-corrected chi connectivity index (χ2v) is 4.92. The van der Waals surface area contributed by atoms with Gasteiger partial charge in [-0.05, 0) is 42.5 Å². The van der Waals surface area contributed by atoms with Gasteiger partial charge >= 0.3 is 0 Å². The van der Waals surface area contributed by atoms with Crippen molar-refractivity contribution in [2.24, 2.45) is 5.84 Å². The minimum atomic E-state index is 0.0742. The van der Waals surface area contributed by atoms with Gasteiger partial charge in [0.05, 0.1) is 13.2 Å². The summed E-state index contributed by atoms with van der Waals surface area (Å²) in [6.07, 6.45) is 2.62. The predicted octanol–water partition coefficient (Wildman–Crippen LogP) is 2.45. The van der Waals surface area contributed by atoms with Gasteiger partial charge in [0.25, 0.3) is 0 Å². The zero-order valence-electron chi connectivity index (χ0n) is 12.2. The second kappa shape index (κ2) is 6.50. The van der Waals surface area contributed by atoms with E-state index >= 15 is 0 Å². The lowest BCUT2D eigenvalue weighted by molar-refractivity contribution is 0.397. The highest BCUT2D eigenvalue weighted by molar-refractivity contribution is 5.36. The summed E-state index contributed by atoms with van der Waals surface area (Å²) in [4.78, 5) is 4.23. The highest BCUT2D eigenvalue weighted by Crippen LogP contribution is 2.23. The Labute approximate surface area is 120 Å². The fraction of sp³-hybridized carbons (Fsp3) is 0.312. The number of nitrogens with zero attached hydrogens (tertiary/aromatic N) is 1. The van der Waals surface area contributed by atoms with Crippen molar-refractivity contribution in [2.45, 2.75) is 26.3 Å². The number of aryl methyl sites for hydroxylation is 1. The lowest BCUT2D eigenvalue weighted by Gasteiger charge is -2.19. The van der Waals surface area contributed by atoms with Gasteiger partial charge < -0.3 is 4.74 Å². The van der Waals surface area contributed by atoms with Crippen LogP contribution in [0.3, 0.4) is 0 Å². The number of hydrazine groups is 1. The van der Waals surface area contributed by atoms with Crippen LogP contribution >= 0.6 is 0 Å².